The molecule has 1 unspecified atom stereocenters. The quantitative estimate of drug-likeness (QED) is 0.486. The van der Waals surface area contributed by atoms with E-state index in [0.29, 0.717) is 5.92 Å². The number of hydrogen-bond donors (Lipinski definition) is 0. The molecule has 0 aliphatic carbocycles. The lowest BCUT2D eigenvalue weighted by molar-refractivity contribution is 0.408. The molecular weight excluding hydrogens is 359 g/mol. The Morgan fingerprint density at radius 3 is 2.46 bits per heavy atom. The monoisotopic (exact) mass is 384 g/mol. The summed E-state index contributed by atoms with van der Waals surface area (Å²) in [6, 6.07) is 10.4. The highest BCUT2D eigenvalue weighted by Crippen LogP contribution is 2.35. The van der Waals surface area contributed by atoms with Gasteiger partial charge in [0.15, 0.2) is 0 Å². The average molecular weight is 385 g/mol. The van der Waals surface area contributed by atoms with Gasteiger partial charge in [0, 0.05) is 27.7 Å². The van der Waals surface area contributed by atoms with Crippen LogP contribution in [0.3, 0.4) is 0 Å². The zero-order chi connectivity index (χ0) is 19.2. The summed E-state index contributed by atoms with van der Waals surface area (Å²) >= 11 is 6.20. The molecule has 0 N–H and O–H groups in total. The van der Waals surface area contributed by atoms with Crippen LogP contribution in [0, 0.1) is 5.92 Å². The first-order chi connectivity index (χ1) is 12.1. The van der Waals surface area contributed by atoms with Crippen LogP contribution >= 0.6 is 20.8 Å². The van der Waals surface area contributed by atoms with Crippen molar-refractivity contribution in [2.45, 2.75) is 40.2 Å². The number of halogens is 1. The van der Waals surface area contributed by atoms with E-state index in [1.807, 2.05) is 6.07 Å². The Kier molecular flexibility index (Phi) is 5.03. The highest BCUT2D eigenvalue weighted by Gasteiger charge is 2.21. The molecule has 2 nitrogen and oxygen atoms in total. The number of allylic oxidation sites excluding steroid dienone is 1. The maximum atomic E-state index is 6.20. The number of aromatic nitrogens is 2. The van der Waals surface area contributed by atoms with Crippen molar-refractivity contribution in [2.24, 2.45) is 5.92 Å². The van der Waals surface area contributed by atoms with Gasteiger partial charge in [-0.15, -0.1) is 9.24 Å². The van der Waals surface area contributed by atoms with Crippen molar-refractivity contribution in [3.8, 4) is 11.1 Å². The molecule has 0 saturated carbocycles. The zero-order valence-corrected chi connectivity index (χ0v) is 18.0. The molecular formula is C22H26ClN2P. The van der Waals surface area contributed by atoms with Gasteiger partial charge in [0.25, 0.3) is 0 Å². The highest BCUT2D eigenvalue weighted by molar-refractivity contribution is 7.28. The van der Waals surface area contributed by atoms with Gasteiger partial charge in [-0.05, 0) is 67.4 Å². The van der Waals surface area contributed by atoms with Crippen LogP contribution in [-0.4, -0.2) is 9.55 Å². The van der Waals surface area contributed by atoms with E-state index in [0.717, 1.165) is 38.2 Å². The van der Waals surface area contributed by atoms with Crippen LogP contribution in [0.25, 0.3) is 27.7 Å². The largest absolute Gasteiger partial charge is 0.327 e. The molecule has 0 radical (unpaired) electrons. The summed E-state index contributed by atoms with van der Waals surface area (Å²) in [7, 11) is 2.70. The highest BCUT2D eigenvalue weighted by atomic mass is 35.5. The molecule has 1 aromatic carbocycles. The lowest BCUT2D eigenvalue weighted by Gasteiger charge is -2.22. The van der Waals surface area contributed by atoms with Crippen LogP contribution in [-0.2, 0) is 5.54 Å². The van der Waals surface area contributed by atoms with Crippen molar-refractivity contribution in [3.63, 3.8) is 0 Å². The first kappa shape index (κ1) is 19.1. The molecule has 0 saturated heterocycles. The number of benzene rings is 1. The third-order valence-corrected chi connectivity index (χ3v) is 5.71. The second kappa shape index (κ2) is 6.83. The predicted octanol–water partition coefficient (Wildman–Crippen LogP) is 6.28. The lowest BCUT2D eigenvalue weighted by Crippen LogP contribution is -2.21. The SMILES string of the molecule is C=C(c1ccc2c(-c3ccc(Cl)c(P)c3)cn(C(C)(C)C)c2n1)C(C)C. The van der Waals surface area contributed by atoms with Crippen LogP contribution in [0.5, 0.6) is 0 Å². The minimum Gasteiger partial charge on any atom is -0.327 e. The van der Waals surface area contributed by atoms with Gasteiger partial charge < -0.3 is 4.57 Å². The molecule has 2 aromatic heterocycles. The van der Waals surface area contributed by atoms with E-state index in [-0.39, 0.29) is 5.54 Å². The number of pyridine rings is 1. The van der Waals surface area contributed by atoms with Crippen molar-refractivity contribution in [1.82, 2.24) is 9.55 Å². The number of hydrogen-bond acceptors (Lipinski definition) is 1. The Balaban J connectivity index is 2.28. The second-order valence-corrected chi connectivity index (χ2v) is 9.10. The maximum Gasteiger partial charge on any atom is 0.141 e. The van der Waals surface area contributed by atoms with E-state index in [1.54, 1.807) is 0 Å². The van der Waals surface area contributed by atoms with E-state index in [4.69, 9.17) is 16.6 Å². The van der Waals surface area contributed by atoms with Crippen LogP contribution in [0.1, 0.15) is 40.3 Å². The fourth-order valence-corrected chi connectivity index (χ4v) is 3.42. The normalized spacial score (nSPS) is 12.2. The molecule has 0 bridgehead atoms. The van der Waals surface area contributed by atoms with Gasteiger partial charge in [-0.3, -0.25) is 0 Å². The van der Waals surface area contributed by atoms with Gasteiger partial charge in [0.2, 0.25) is 0 Å². The molecule has 0 aliphatic heterocycles. The Bertz CT molecular complexity index is 993. The lowest BCUT2D eigenvalue weighted by atomic mass is 10.0. The molecule has 0 aliphatic rings. The van der Waals surface area contributed by atoms with Crippen molar-refractivity contribution in [1.29, 1.82) is 0 Å². The van der Waals surface area contributed by atoms with E-state index < -0.39 is 0 Å². The minimum atomic E-state index is -0.0719. The van der Waals surface area contributed by atoms with Crippen molar-refractivity contribution in [3.05, 3.63) is 53.8 Å². The van der Waals surface area contributed by atoms with Crippen molar-refractivity contribution in [2.75, 3.05) is 0 Å². The van der Waals surface area contributed by atoms with Crippen LogP contribution < -0.4 is 5.30 Å². The van der Waals surface area contributed by atoms with Gasteiger partial charge >= 0.3 is 0 Å². The standard InChI is InChI=1S/C22H26ClN2P/c1-13(2)14(3)19-10-8-16-17(15-7-9-18(23)20(26)11-15)12-25(21(16)24-19)22(4,5)6/h7-13H,3,26H2,1-2,4-6H3. The smallest absolute Gasteiger partial charge is 0.141 e. The molecule has 4 heteroatoms. The Labute approximate surface area is 163 Å². The van der Waals surface area contributed by atoms with E-state index in [2.05, 4.69) is 85.5 Å². The number of nitrogens with zero attached hydrogens (tertiary/aromatic N) is 2. The molecule has 136 valence electrons. The minimum absolute atomic E-state index is 0.0719. The van der Waals surface area contributed by atoms with Gasteiger partial charge in [-0.2, -0.15) is 0 Å². The summed E-state index contributed by atoms with van der Waals surface area (Å²) in [5, 5.41) is 2.90. The van der Waals surface area contributed by atoms with E-state index in [1.165, 1.54) is 5.56 Å². The van der Waals surface area contributed by atoms with Gasteiger partial charge in [-0.25, -0.2) is 4.98 Å². The first-order valence-electron chi connectivity index (χ1n) is 8.86. The van der Waals surface area contributed by atoms with Crippen LogP contribution in [0.2, 0.25) is 5.02 Å². The average Bonchev–Trinajstić information content (AvgIpc) is 2.95. The molecule has 26 heavy (non-hydrogen) atoms. The maximum absolute atomic E-state index is 6.20. The molecule has 0 amide bonds. The molecule has 1 atom stereocenters. The fraction of sp³-hybridized carbons (Fsp3) is 0.318. The Morgan fingerprint density at radius 2 is 1.88 bits per heavy atom. The third-order valence-electron chi connectivity index (χ3n) is 4.71. The van der Waals surface area contributed by atoms with Crippen LogP contribution in [0.4, 0.5) is 0 Å². The number of fused-ring (bicyclic) bond motifs is 1. The third kappa shape index (κ3) is 3.46. The summed E-state index contributed by atoms with van der Waals surface area (Å²) < 4.78 is 2.26. The summed E-state index contributed by atoms with van der Waals surface area (Å²) in [6.07, 6.45) is 2.20. The predicted molar refractivity (Wildman–Crippen MR) is 118 cm³/mol. The molecule has 3 aromatic rings. The van der Waals surface area contributed by atoms with E-state index in [9.17, 15) is 0 Å². The molecule has 0 spiro atoms. The number of rotatable bonds is 3. The molecule has 0 fully saturated rings. The van der Waals surface area contributed by atoms with Crippen LogP contribution in [0.15, 0.2) is 43.1 Å². The second-order valence-electron chi connectivity index (χ2n) is 8.07. The zero-order valence-electron chi connectivity index (χ0n) is 16.1. The Hall–Kier alpha value is -1.63. The van der Waals surface area contributed by atoms with Gasteiger partial charge in [-0.1, -0.05) is 38.1 Å². The summed E-state index contributed by atoms with van der Waals surface area (Å²) in [4.78, 5) is 4.98. The van der Waals surface area contributed by atoms with Crippen molar-refractivity contribution >= 4 is 42.8 Å². The van der Waals surface area contributed by atoms with Gasteiger partial charge in [0.05, 0.1) is 5.69 Å². The van der Waals surface area contributed by atoms with E-state index >= 15 is 0 Å². The summed E-state index contributed by atoms with van der Waals surface area (Å²) in [6.45, 7) is 15.1. The topological polar surface area (TPSA) is 17.8 Å². The Morgan fingerprint density at radius 1 is 1.19 bits per heavy atom. The molecule has 3 rings (SSSR count). The van der Waals surface area contributed by atoms with Gasteiger partial charge in [0.1, 0.15) is 5.65 Å². The summed E-state index contributed by atoms with van der Waals surface area (Å²) in [5.74, 6) is 0.369. The van der Waals surface area contributed by atoms with Crippen molar-refractivity contribution < 1.29 is 0 Å². The summed E-state index contributed by atoms with van der Waals surface area (Å²) in [5.41, 5.74) is 5.26. The first-order valence-corrected chi connectivity index (χ1v) is 9.82. The molecule has 2 heterocycles. The fourth-order valence-electron chi connectivity index (χ4n) is 3.03.